The minimum atomic E-state index is -4.29. The van der Waals surface area contributed by atoms with Crippen molar-refractivity contribution in [1.29, 1.82) is 0 Å². The lowest BCUT2D eigenvalue weighted by atomic mass is 10.3. The number of hydrogen-bond donors (Lipinski definition) is 3. The Balaban J connectivity index is 3.06. The Morgan fingerprint density at radius 3 is 2.25 bits per heavy atom. The normalized spacial score (nSPS) is 11.2. The molecule has 0 rings (SSSR count). The third kappa shape index (κ3) is 9.60. The topological polar surface area (TPSA) is 79.2 Å². The summed E-state index contributed by atoms with van der Waals surface area (Å²) < 4.78 is 9.13. The average molecular weight is 194 g/mol. The van der Waals surface area contributed by atoms with Gasteiger partial charge in [-0.25, -0.2) is 0 Å². The van der Waals surface area contributed by atoms with Crippen LogP contribution in [0.1, 0.15) is 12.8 Å². The van der Waals surface area contributed by atoms with Gasteiger partial charge >= 0.3 is 9.05 Å². The van der Waals surface area contributed by atoms with Crippen LogP contribution in [-0.2, 0) is 9.16 Å². The minimum absolute atomic E-state index is 0.121. The van der Waals surface area contributed by atoms with Gasteiger partial charge in [0.1, 0.15) is 0 Å². The first-order valence-electron chi connectivity index (χ1n) is 3.60. The zero-order valence-corrected chi connectivity index (χ0v) is 7.77. The Hall–Kier alpha value is -0.403. The van der Waals surface area contributed by atoms with Gasteiger partial charge in [-0.1, -0.05) is 6.58 Å². The highest BCUT2D eigenvalue weighted by Crippen LogP contribution is 1.95. The highest BCUT2D eigenvalue weighted by atomic mass is 28.4. The maximum Gasteiger partial charge on any atom is 0.671 e. The highest BCUT2D eigenvalue weighted by Gasteiger charge is 2.29. The van der Waals surface area contributed by atoms with Gasteiger partial charge < -0.3 is 23.5 Å². The van der Waals surface area contributed by atoms with Crippen LogP contribution in [0.15, 0.2) is 12.8 Å². The fourth-order valence-corrected chi connectivity index (χ4v) is 0.998. The molecule has 0 aliphatic carbocycles. The van der Waals surface area contributed by atoms with Crippen molar-refractivity contribution in [2.45, 2.75) is 12.8 Å². The highest BCUT2D eigenvalue weighted by molar-refractivity contribution is 6.48. The monoisotopic (exact) mass is 194 g/mol. The van der Waals surface area contributed by atoms with Gasteiger partial charge in [-0.05, 0) is 12.8 Å². The molecule has 0 aromatic carbocycles. The van der Waals surface area contributed by atoms with E-state index < -0.39 is 9.05 Å². The lowest BCUT2D eigenvalue weighted by Crippen LogP contribution is -2.39. The maximum atomic E-state index is 8.40. The fourth-order valence-electron chi connectivity index (χ4n) is 0.580. The summed E-state index contributed by atoms with van der Waals surface area (Å²) >= 11 is 0. The summed E-state index contributed by atoms with van der Waals surface area (Å²) in [4.78, 5) is 25.2. The van der Waals surface area contributed by atoms with Crippen molar-refractivity contribution in [2.24, 2.45) is 0 Å². The van der Waals surface area contributed by atoms with Crippen LogP contribution in [0, 0.1) is 0 Å². The van der Waals surface area contributed by atoms with Crippen LogP contribution in [-0.4, -0.2) is 36.6 Å². The van der Waals surface area contributed by atoms with Gasteiger partial charge in [0.15, 0.2) is 0 Å². The summed E-state index contributed by atoms with van der Waals surface area (Å²) in [5.74, 6) is 0. The molecule has 0 spiro atoms. The first-order chi connectivity index (χ1) is 5.56. The van der Waals surface area contributed by atoms with E-state index in [0.717, 1.165) is 6.42 Å². The van der Waals surface area contributed by atoms with Crippen molar-refractivity contribution in [1.82, 2.24) is 0 Å². The Bertz CT molecular complexity index is 122. The van der Waals surface area contributed by atoms with Crippen molar-refractivity contribution in [3.63, 3.8) is 0 Å². The third-order valence-electron chi connectivity index (χ3n) is 1.07. The molecule has 0 bridgehead atoms. The van der Waals surface area contributed by atoms with E-state index in [9.17, 15) is 0 Å². The van der Waals surface area contributed by atoms with Crippen LogP contribution >= 0.6 is 0 Å². The molecule has 0 aromatic heterocycles. The maximum absolute atomic E-state index is 8.40. The van der Waals surface area contributed by atoms with E-state index in [4.69, 9.17) is 19.1 Å². The van der Waals surface area contributed by atoms with Crippen LogP contribution in [0.4, 0.5) is 0 Å². The summed E-state index contributed by atoms with van der Waals surface area (Å²) in [6, 6.07) is 0. The molecule has 0 unspecified atom stereocenters. The second-order valence-electron chi connectivity index (χ2n) is 2.17. The number of ether oxygens (including phenoxy) is 1. The Labute approximate surface area is 72.4 Å². The molecule has 0 aliphatic rings. The summed E-state index contributed by atoms with van der Waals surface area (Å²) in [7, 11) is -4.29. The molecule has 0 radical (unpaired) electrons. The molecule has 72 valence electrons. The van der Waals surface area contributed by atoms with Crippen molar-refractivity contribution in [3.8, 4) is 0 Å². The van der Waals surface area contributed by atoms with Gasteiger partial charge in [-0.3, -0.25) is 0 Å². The Morgan fingerprint density at radius 2 is 1.75 bits per heavy atom. The molecule has 6 heteroatoms. The summed E-state index contributed by atoms with van der Waals surface area (Å²) in [6.07, 6.45) is 2.66. The Kier molecular flexibility index (Phi) is 5.94. The molecule has 12 heavy (non-hydrogen) atoms. The molecule has 3 N–H and O–H groups in total. The zero-order chi connectivity index (χ0) is 9.45. The molecule has 0 aliphatic heterocycles. The van der Waals surface area contributed by atoms with E-state index >= 15 is 0 Å². The lowest BCUT2D eigenvalue weighted by molar-refractivity contribution is 0.0603. The van der Waals surface area contributed by atoms with Crippen LogP contribution in [0.3, 0.4) is 0 Å². The van der Waals surface area contributed by atoms with Gasteiger partial charge in [0.2, 0.25) is 0 Å². The largest absolute Gasteiger partial charge is 0.671 e. The van der Waals surface area contributed by atoms with Crippen molar-refractivity contribution in [2.75, 3.05) is 13.2 Å². The van der Waals surface area contributed by atoms with E-state index in [1.807, 2.05) is 0 Å². The van der Waals surface area contributed by atoms with E-state index in [-0.39, 0.29) is 6.61 Å². The molecule has 0 fully saturated rings. The molecule has 0 aromatic rings. The van der Waals surface area contributed by atoms with Crippen LogP contribution in [0.2, 0.25) is 0 Å². The van der Waals surface area contributed by atoms with Crippen LogP contribution in [0.5, 0.6) is 0 Å². The SMILES string of the molecule is C=COCCCCO[Si](O)(O)O. The fraction of sp³-hybridized carbons (Fsp3) is 0.667. The van der Waals surface area contributed by atoms with E-state index in [0.29, 0.717) is 13.0 Å². The second kappa shape index (κ2) is 6.15. The first kappa shape index (κ1) is 11.6. The van der Waals surface area contributed by atoms with Crippen molar-refractivity contribution in [3.05, 3.63) is 12.8 Å². The van der Waals surface area contributed by atoms with Crippen LogP contribution in [0.25, 0.3) is 0 Å². The van der Waals surface area contributed by atoms with E-state index in [1.165, 1.54) is 6.26 Å². The molecule has 0 atom stereocenters. The molecular weight excluding hydrogens is 180 g/mol. The standard InChI is InChI=1S/C6H14O5Si/c1-2-10-5-3-4-6-11-12(7,8)9/h2,7-9H,1,3-6H2. The predicted octanol–water partition coefficient (Wildman–Crippen LogP) is -0.644. The molecule has 0 amide bonds. The predicted molar refractivity (Wildman–Crippen MR) is 43.7 cm³/mol. The van der Waals surface area contributed by atoms with Crippen molar-refractivity contribution < 1.29 is 23.5 Å². The molecule has 0 saturated heterocycles. The lowest BCUT2D eigenvalue weighted by Gasteiger charge is -2.09. The van der Waals surface area contributed by atoms with Gasteiger partial charge in [-0.2, -0.15) is 0 Å². The molecule has 0 heterocycles. The van der Waals surface area contributed by atoms with Crippen molar-refractivity contribution >= 4 is 9.05 Å². The summed E-state index contributed by atoms with van der Waals surface area (Å²) in [5.41, 5.74) is 0. The molecule has 5 nitrogen and oxygen atoms in total. The number of hydrogen-bond acceptors (Lipinski definition) is 5. The number of unbranched alkanes of at least 4 members (excludes halogenated alkanes) is 1. The van der Waals surface area contributed by atoms with E-state index in [2.05, 4.69) is 11.0 Å². The summed E-state index contributed by atoms with van der Waals surface area (Å²) in [6.45, 7) is 3.99. The molecule has 0 saturated carbocycles. The van der Waals surface area contributed by atoms with Gasteiger partial charge in [-0.15, -0.1) is 0 Å². The average Bonchev–Trinajstić information content (AvgIpc) is 1.94. The van der Waals surface area contributed by atoms with E-state index in [1.54, 1.807) is 0 Å². The number of rotatable bonds is 7. The summed E-state index contributed by atoms with van der Waals surface area (Å²) in [5, 5.41) is 0. The van der Waals surface area contributed by atoms with Gasteiger partial charge in [0.05, 0.1) is 12.9 Å². The smallest absolute Gasteiger partial charge is 0.502 e. The second-order valence-corrected chi connectivity index (χ2v) is 3.60. The van der Waals surface area contributed by atoms with Gasteiger partial charge in [0, 0.05) is 6.61 Å². The quantitative estimate of drug-likeness (QED) is 0.285. The Morgan fingerprint density at radius 1 is 1.17 bits per heavy atom. The first-order valence-corrected chi connectivity index (χ1v) is 5.35. The third-order valence-corrected chi connectivity index (χ3v) is 1.66. The minimum Gasteiger partial charge on any atom is -0.502 e. The van der Waals surface area contributed by atoms with Gasteiger partial charge in [0.25, 0.3) is 0 Å². The van der Waals surface area contributed by atoms with Crippen LogP contribution < -0.4 is 0 Å². The molecular formula is C6H14O5Si. The zero-order valence-electron chi connectivity index (χ0n) is 6.77.